The summed E-state index contributed by atoms with van der Waals surface area (Å²) >= 11 is 0. The van der Waals surface area contributed by atoms with Crippen molar-refractivity contribution in [1.29, 1.82) is 0 Å². The number of aryl methyl sites for hydroxylation is 1. The van der Waals surface area contributed by atoms with E-state index in [1.165, 1.54) is 11.1 Å². The monoisotopic (exact) mass is 410 g/mol. The number of nitrogens with one attached hydrogen (secondary N) is 1. The number of amides is 1. The summed E-state index contributed by atoms with van der Waals surface area (Å²) in [7, 11) is 0. The van der Waals surface area contributed by atoms with Gasteiger partial charge in [0.25, 0.3) is 0 Å². The molecule has 10 heteroatoms. The van der Waals surface area contributed by atoms with Gasteiger partial charge < -0.3 is 19.6 Å². The zero-order chi connectivity index (χ0) is 21.3. The molecule has 1 amide bonds. The molecule has 4 rings (SSSR count). The van der Waals surface area contributed by atoms with Crippen LogP contribution in [0.2, 0.25) is 0 Å². The number of ether oxygens (including phenoxy) is 1. The molecule has 3 atom stereocenters. The van der Waals surface area contributed by atoms with Crippen LogP contribution >= 0.6 is 0 Å². The minimum absolute atomic E-state index is 0.101. The number of nitrogens with zero attached hydrogens (tertiary/aromatic N) is 5. The summed E-state index contributed by atoms with van der Waals surface area (Å²) in [5.74, 6) is 1.41. The van der Waals surface area contributed by atoms with Gasteiger partial charge in [-0.05, 0) is 39.0 Å². The van der Waals surface area contributed by atoms with E-state index in [0.29, 0.717) is 17.6 Å². The number of hydrogen-bond acceptors (Lipinski definition) is 9. The number of rotatable bonds is 6. The topological polar surface area (TPSA) is 127 Å². The molecule has 10 nitrogen and oxygen atoms in total. The molecule has 0 radical (unpaired) electrons. The summed E-state index contributed by atoms with van der Waals surface area (Å²) in [5, 5.41) is 21.2. The van der Waals surface area contributed by atoms with Gasteiger partial charge in [-0.3, -0.25) is 4.90 Å². The van der Waals surface area contributed by atoms with Crippen LogP contribution in [0.25, 0.3) is 11.5 Å². The largest absolute Gasteiger partial charge is 0.447 e. The van der Waals surface area contributed by atoms with Gasteiger partial charge in [0.1, 0.15) is 24.5 Å². The average Bonchev–Trinajstić information content (AvgIpc) is 3.36. The summed E-state index contributed by atoms with van der Waals surface area (Å²) in [6.07, 6.45) is 0.201. The number of aromatic nitrogens is 4. The molecule has 1 unspecified atom stereocenters. The lowest BCUT2D eigenvalue weighted by Crippen LogP contribution is -2.41. The molecule has 1 aliphatic rings. The van der Waals surface area contributed by atoms with E-state index >= 15 is 0 Å². The van der Waals surface area contributed by atoms with Crippen LogP contribution in [0.3, 0.4) is 0 Å². The molecule has 30 heavy (non-hydrogen) atoms. The van der Waals surface area contributed by atoms with Gasteiger partial charge in [0, 0.05) is 11.8 Å². The standard InChI is InChI=1S/C20H22N6O4/c1-11-4-6-14(7-5-11)18-25-24-17(30-18)12(2)22-19-21-9-8-16(23-19)26-15(13(3)27)10-29-20(26)28/h4-9,12-13,15,27H,10H2,1-3H3,(H,21,22,23)/t12-,13+,15?/m0/s1. The second-order valence-electron chi connectivity index (χ2n) is 7.17. The van der Waals surface area contributed by atoms with E-state index in [-0.39, 0.29) is 18.6 Å². The highest BCUT2D eigenvalue weighted by molar-refractivity contribution is 5.89. The third kappa shape index (κ3) is 3.94. The van der Waals surface area contributed by atoms with Crippen molar-refractivity contribution in [1.82, 2.24) is 20.2 Å². The van der Waals surface area contributed by atoms with E-state index in [9.17, 15) is 9.90 Å². The smallest absolute Gasteiger partial charge is 0.416 e. The molecule has 1 aliphatic heterocycles. The van der Waals surface area contributed by atoms with Gasteiger partial charge in [-0.1, -0.05) is 17.7 Å². The Kier molecular flexibility index (Phi) is 5.32. The lowest BCUT2D eigenvalue weighted by Gasteiger charge is -2.22. The van der Waals surface area contributed by atoms with Crippen molar-refractivity contribution in [2.24, 2.45) is 0 Å². The fourth-order valence-corrected chi connectivity index (χ4v) is 3.09. The number of aliphatic hydroxyl groups is 1. The predicted octanol–water partition coefficient (Wildman–Crippen LogP) is 2.71. The molecule has 2 aromatic heterocycles. The SMILES string of the molecule is Cc1ccc(-c2nnc([C@H](C)Nc3nccc(N4C(=O)OCC4[C@@H](C)O)n3)o2)cc1. The van der Waals surface area contributed by atoms with E-state index in [4.69, 9.17) is 9.15 Å². The second-order valence-corrected chi connectivity index (χ2v) is 7.17. The van der Waals surface area contributed by atoms with Crippen LogP contribution in [0.15, 0.2) is 40.9 Å². The highest BCUT2D eigenvalue weighted by Crippen LogP contribution is 2.26. The van der Waals surface area contributed by atoms with E-state index in [2.05, 4.69) is 25.5 Å². The first-order valence-corrected chi connectivity index (χ1v) is 9.56. The molecule has 1 aromatic carbocycles. The maximum absolute atomic E-state index is 12.1. The van der Waals surface area contributed by atoms with E-state index in [1.807, 2.05) is 38.1 Å². The molecule has 0 spiro atoms. The minimum atomic E-state index is -0.764. The minimum Gasteiger partial charge on any atom is -0.447 e. The Morgan fingerprint density at radius 3 is 2.70 bits per heavy atom. The fourth-order valence-electron chi connectivity index (χ4n) is 3.09. The van der Waals surface area contributed by atoms with Gasteiger partial charge in [-0.2, -0.15) is 4.98 Å². The zero-order valence-corrected chi connectivity index (χ0v) is 16.8. The molecule has 3 aromatic rings. The number of benzene rings is 1. The Hall–Kier alpha value is -3.53. The molecule has 0 aliphatic carbocycles. The number of aliphatic hydroxyl groups excluding tert-OH is 1. The van der Waals surface area contributed by atoms with Gasteiger partial charge in [-0.15, -0.1) is 10.2 Å². The van der Waals surface area contributed by atoms with Gasteiger partial charge in [0.2, 0.25) is 17.7 Å². The summed E-state index contributed by atoms with van der Waals surface area (Å²) in [4.78, 5) is 22.0. The summed E-state index contributed by atoms with van der Waals surface area (Å²) < 4.78 is 10.8. The van der Waals surface area contributed by atoms with Crippen LogP contribution in [0.5, 0.6) is 0 Å². The molecule has 3 heterocycles. The van der Waals surface area contributed by atoms with E-state index < -0.39 is 18.2 Å². The van der Waals surface area contributed by atoms with Crippen molar-refractivity contribution in [3.63, 3.8) is 0 Å². The number of carbonyl (C=O) groups is 1. The van der Waals surface area contributed by atoms with Crippen LogP contribution < -0.4 is 10.2 Å². The van der Waals surface area contributed by atoms with Crippen molar-refractivity contribution in [3.8, 4) is 11.5 Å². The highest BCUT2D eigenvalue weighted by Gasteiger charge is 2.38. The van der Waals surface area contributed by atoms with Crippen molar-refractivity contribution in [2.75, 3.05) is 16.8 Å². The Morgan fingerprint density at radius 2 is 1.97 bits per heavy atom. The van der Waals surface area contributed by atoms with Crippen molar-refractivity contribution >= 4 is 17.9 Å². The van der Waals surface area contributed by atoms with E-state index in [1.54, 1.807) is 13.0 Å². The Bertz CT molecular complexity index is 1040. The van der Waals surface area contributed by atoms with Crippen molar-refractivity contribution in [2.45, 2.75) is 39.0 Å². The molecular weight excluding hydrogens is 388 g/mol. The molecule has 2 N–H and O–H groups in total. The molecule has 0 saturated carbocycles. The summed E-state index contributed by atoms with van der Waals surface area (Å²) in [5.41, 5.74) is 1.98. The number of anilines is 2. The fraction of sp³-hybridized carbons (Fsp3) is 0.350. The van der Waals surface area contributed by atoms with Crippen molar-refractivity contribution in [3.05, 3.63) is 48.0 Å². The van der Waals surface area contributed by atoms with E-state index in [0.717, 1.165) is 11.1 Å². The van der Waals surface area contributed by atoms with Gasteiger partial charge in [0.05, 0.1) is 6.10 Å². The molecule has 156 valence electrons. The second kappa shape index (κ2) is 8.07. The third-order valence-electron chi connectivity index (χ3n) is 4.81. The Labute approximate surface area is 172 Å². The maximum Gasteiger partial charge on any atom is 0.416 e. The van der Waals surface area contributed by atoms with Crippen LogP contribution in [-0.2, 0) is 4.74 Å². The lowest BCUT2D eigenvalue weighted by molar-refractivity contribution is 0.142. The predicted molar refractivity (Wildman–Crippen MR) is 108 cm³/mol. The number of hydrogen-bond donors (Lipinski definition) is 2. The normalized spacial score (nSPS) is 18.2. The van der Waals surface area contributed by atoms with Crippen LogP contribution in [-0.4, -0.2) is 50.1 Å². The molecule has 1 saturated heterocycles. The Balaban J connectivity index is 1.50. The van der Waals surface area contributed by atoms with Gasteiger partial charge >= 0.3 is 6.09 Å². The van der Waals surface area contributed by atoms with Crippen molar-refractivity contribution < 1.29 is 19.1 Å². The summed E-state index contributed by atoms with van der Waals surface area (Å²) in [6, 6.07) is 8.50. The zero-order valence-electron chi connectivity index (χ0n) is 16.8. The lowest BCUT2D eigenvalue weighted by atomic mass is 10.1. The first kappa shape index (κ1) is 19.8. The highest BCUT2D eigenvalue weighted by atomic mass is 16.6. The first-order chi connectivity index (χ1) is 14.4. The number of carbonyl (C=O) groups excluding carboxylic acids is 1. The summed E-state index contributed by atoms with van der Waals surface area (Å²) in [6.45, 7) is 5.55. The molecular formula is C20H22N6O4. The first-order valence-electron chi connectivity index (χ1n) is 9.56. The molecule has 0 bridgehead atoms. The number of cyclic esters (lactones) is 1. The Morgan fingerprint density at radius 1 is 1.20 bits per heavy atom. The van der Waals surface area contributed by atoms with Crippen LogP contribution in [0.1, 0.15) is 31.3 Å². The third-order valence-corrected chi connectivity index (χ3v) is 4.81. The maximum atomic E-state index is 12.1. The quantitative estimate of drug-likeness (QED) is 0.630. The van der Waals surface area contributed by atoms with Crippen LogP contribution in [0, 0.1) is 6.92 Å². The molecule has 1 fully saturated rings. The van der Waals surface area contributed by atoms with Crippen LogP contribution in [0.4, 0.5) is 16.6 Å². The van der Waals surface area contributed by atoms with Gasteiger partial charge in [-0.25, -0.2) is 9.78 Å². The average molecular weight is 410 g/mol. The van der Waals surface area contributed by atoms with Gasteiger partial charge in [0.15, 0.2) is 0 Å².